The van der Waals surface area contributed by atoms with Gasteiger partial charge in [0.2, 0.25) is 15.9 Å². The lowest BCUT2D eigenvalue weighted by atomic mass is 10.0. The van der Waals surface area contributed by atoms with E-state index in [1.54, 1.807) is 22.5 Å². The summed E-state index contributed by atoms with van der Waals surface area (Å²) in [4.78, 5) is 16.8. The van der Waals surface area contributed by atoms with E-state index >= 15 is 0 Å². The monoisotopic (exact) mass is 438 g/mol. The van der Waals surface area contributed by atoms with Crippen LogP contribution in [0.5, 0.6) is 0 Å². The van der Waals surface area contributed by atoms with Gasteiger partial charge in [-0.1, -0.05) is 12.1 Å². The lowest BCUT2D eigenvalue weighted by molar-refractivity contribution is -0.116. The third-order valence-corrected chi connectivity index (χ3v) is 8.12. The number of amides is 1. The number of carbonyl (C=O) groups is 1. The van der Waals surface area contributed by atoms with Crippen LogP contribution < -0.4 is 5.32 Å². The molecule has 0 unspecified atom stereocenters. The SMILES string of the molecule is CC(C)n1c([C@H]2CCCN2S(=O)(=O)c2ccc3c(c2)CCC(=O)N3)nc2ccccc21. The van der Waals surface area contributed by atoms with E-state index in [1.807, 2.05) is 24.3 Å². The zero-order valence-electron chi connectivity index (χ0n) is 17.7. The van der Waals surface area contributed by atoms with Crippen LogP contribution in [0, 0.1) is 0 Å². The molecule has 1 N–H and O–H groups in total. The van der Waals surface area contributed by atoms with Crippen LogP contribution in [0.3, 0.4) is 0 Å². The number of para-hydroxylation sites is 2. The standard InChI is InChI=1S/C23H26N4O3S/c1-15(2)27-20-7-4-3-6-19(20)25-23(27)21-8-5-13-26(21)31(29,30)17-10-11-18-16(14-17)9-12-22(28)24-18/h3-4,6-7,10-11,14-15,21H,5,8-9,12-13H2,1-2H3,(H,24,28)/t21-/m1/s1. The fourth-order valence-electron chi connectivity index (χ4n) is 4.78. The van der Waals surface area contributed by atoms with E-state index in [2.05, 4.69) is 23.7 Å². The normalized spacial score (nSPS) is 19.7. The van der Waals surface area contributed by atoms with Crippen LogP contribution in [0.15, 0.2) is 47.4 Å². The molecule has 0 saturated carbocycles. The minimum absolute atomic E-state index is 0.0321. The van der Waals surface area contributed by atoms with Gasteiger partial charge in [-0.3, -0.25) is 4.79 Å². The summed E-state index contributed by atoms with van der Waals surface area (Å²) in [7, 11) is -3.70. The Morgan fingerprint density at radius 3 is 2.74 bits per heavy atom. The maximum absolute atomic E-state index is 13.7. The molecule has 0 bridgehead atoms. The maximum atomic E-state index is 13.7. The number of imidazole rings is 1. The van der Waals surface area contributed by atoms with Crippen LogP contribution in [0.4, 0.5) is 5.69 Å². The molecule has 2 aromatic carbocycles. The third-order valence-electron chi connectivity index (χ3n) is 6.22. The van der Waals surface area contributed by atoms with Crippen LogP contribution in [-0.2, 0) is 21.2 Å². The van der Waals surface area contributed by atoms with Gasteiger partial charge in [0.05, 0.1) is 22.0 Å². The molecule has 1 fully saturated rings. The number of aryl methyl sites for hydroxylation is 1. The van der Waals surface area contributed by atoms with Gasteiger partial charge in [-0.2, -0.15) is 4.31 Å². The molecule has 3 aromatic rings. The summed E-state index contributed by atoms with van der Waals surface area (Å²) in [6, 6.07) is 12.8. The quantitative estimate of drug-likeness (QED) is 0.667. The number of rotatable bonds is 4. The summed E-state index contributed by atoms with van der Waals surface area (Å²) >= 11 is 0. The number of hydrogen-bond donors (Lipinski definition) is 1. The van der Waals surface area contributed by atoms with E-state index in [1.165, 1.54) is 0 Å². The molecule has 5 rings (SSSR count). The number of anilines is 1. The first kappa shape index (κ1) is 20.2. The van der Waals surface area contributed by atoms with Crippen molar-refractivity contribution in [1.82, 2.24) is 13.9 Å². The molecule has 2 aliphatic rings. The van der Waals surface area contributed by atoms with Gasteiger partial charge in [0, 0.05) is 24.7 Å². The van der Waals surface area contributed by atoms with Crippen LogP contribution in [0.2, 0.25) is 0 Å². The van der Waals surface area contributed by atoms with E-state index < -0.39 is 10.0 Å². The number of carbonyl (C=O) groups excluding carboxylic acids is 1. The highest BCUT2D eigenvalue weighted by Gasteiger charge is 2.39. The number of benzene rings is 2. The summed E-state index contributed by atoms with van der Waals surface area (Å²) < 4.78 is 31.1. The van der Waals surface area contributed by atoms with Crippen molar-refractivity contribution in [3.8, 4) is 0 Å². The smallest absolute Gasteiger partial charge is 0.243 e. The summed E-state index contributed by atoms with van der Waals surface area (Å²) in [5.74, 6) is 0.776. The Morgan fingerprint density at radius 2 is 1.94 bits per heavy atom. The molecular formula is C23H26N4O3S. The van der Waals surface area contributed by atoms with E-state index in [9.17, 15) is 13.2 Å². The summed E-state index contributed by atoms with van der Waals surface area (Å²) in [5, 5.41) is 2.82. The van der Waals surface area contributed by atoms with Crippen molar-refractivity contribution in [2.45, 2.75) is 56.5 Å². The number of sulfonamides is 1. The highest BCUT2D eigenvalue weighted by Crippen LogP contribution is 2.39. The number of fused-ring (bicyclic) bond motifs is 2. The molecule has 1 saturated heterocycles. The molecule has 8 heteroatoms. The van der Waals surface area contributed by atoms with Crippen LogP contribution in [-0.4, -0.2) is 34.7 Å². The summed E-state index contributed by atoms with van der Waals surface area (Å²) in [6.45, 7) is 4.68. The van der Waals surface area contributed by atoms with Crippen LogP contribution in [0.1, 0.15) is 56.6 Å². The first-order chi connectivity index (χ1) is 14.9. The fraction of sp³-hybridized carbons (Fsp3) is 0.391. The highest BCUT2D eigenvalue weighted by molar-refractivity contribution is 7.89. The molecule has 3 heterocycles. The first-order valence-corrected chi connectivity index (χ1v) is 12.2. The lowest BCUT2D eigenvalue weighted by Crippen LogP contribution is -2.32. The van der Waals surface area contributed by atoms with Gasteiger partial charge in [-0.25, -0.2) is 13.4 Å². The zero-order valence-corrected chi connectivity index (χ0v) is 18.5. The second-order valence-corrected chi connectivity index (χ2v) is 10.5. The Kier molecular flexibility index (Phi) is 4.86. The number of aromatic nitrogens is 2. The molecular weight excluding hydrogens is 412 g/mol. The van der Waals surface area contributed by atoms with Gasteiger partial charge < -0.3 is 9.88 Å². The molecule has 1 amide bonds. The van der Waals surface area contributed by atoms with Crippen molar-refractivity contribution >= 4 is 32.7 Å². The van der Waals surface area contributed by atoms with E-state index in [0.717, 1.165) is 35.3 Å². The highest BCUT2D eigenvalue weighted by atomic mass is 32.2. The first-order valence-electron chi connectivity index (χ1n) is 10.8. The Hall–Kier alpha value is -2.71. The Labute approximate surface area is 182 Å². The average molecular weight is 439 g/mol. The second kappa shape index (κ2) is 7.46. The minimum atomic E-state index is -3.70. The van der Waals surface area contributed by atoms with Crippen LogP contribution in [0.25, 0.3) is 11.0 Å². The second-order valence-electron chi connectivity index (χ2n) is 8.56. The van der Waals surface area contributed by atoms with Crippen molar-refractivity contribution in [3.63, 3.8) is 0 Å². The van der Waals surface area contributed by atoms with Gasteiger partial charge in [0.15, 0.2) is 0 Å². The Morgan fingerprint density at radius 1 is 1.13 bits per heavy atom. The van der Waals surface area contributed by atoms with Gasteiger partial charge in [0.25, 0.3) is 0 Å². The number of hydrogen-bond acceptors (Lipinski definition) is 4. The van der Waals surface area contributed by atoms with Gasteiger partial charge >= 0.3 is 0 Å². The average Bonchev–Trinajstić information content (AvgIpc) is 3.38. The molecule has 0 spiro atoms. The Bertz CT molecular complexity index is 1280. The van der Waals surface area contributed by atoms with Crippen LogP contribution >= 0.6 is 0 Å². The van der Waals surface area contributed by atoms with E-state index in [-0.39, 0.29) is 22.9 Å². The van der Waals surface area contributed by atoms with E-state index in [0.29, 0.717) is 25.1 Å². The zero-order chi connectivity index (χ0) is 21.8. The van der Waals surface area contributed by atoms with Gasteiger partial charge in [-0.05, 0) is 69.0 Å². The van der Waals surface area contributed by atoms with Crippen molar-refractivity contribution in [2.75, 3.05) is 11.9 Å². The molecule has 0 radical (unpaired) electrons. The Balaban J connectivity index is 1.56. The van der Waals surface area contributed by atoms with Gasteiger partial charge in [0.1, 0.15) is 5.82 Å². The molecule has 1 aromatic heterocycles. The predicted molar refractivity (Wildman–Crippen MR) is 119 cm³/mol. The lowest BCUT2D eigenvalue weighted by Gasteiger charge is -2.26. The predicted octanol–water partition coefficient (Wildman–Crippen LogP) is 4.03. The molecule has 2 aliphatic heterocycles. The minimum Gasteiger partial charge on any atom is -0.326 e. The molecule has 0 aliphatic carbocycles. The third kappa shape index (κ3) is 3.34. The number of nitrogens with zero attached hydrogens (tertiary/aromatic N) is 3. The summed E-state index contributed by atoms with van der Waals surface area (Å²) in [6.07, 6.45) is 2.47. The van der Waals surface area contributed by atoms with Crippen molar-refractivity contribution in [2.24, 2.45) is 0 Å². The topological polar surface area (TPSA) is 84.3 Å². The summed E-state index contributed by atoms with van der Waals surface area (Å²) in [5.41, 5.74) is 3.49. The molecule has 7 nitrogen and oxygen atoms in total. The van der Waals surface area contributed by atoms with Crippen molar-refractivity contribution < 1.29 is 13.2 Å². The molecule has 1 atom stereocenters. The molecule has 162 valence electrons. The fourth-order valence-corrected chi connectivity index (χ4v) is 6.49. The van der Waals surface area contributed by atoms with Crippen molar-refractivity contribution in [3.05, 3.63) is 53.9 Å². The largest absolute Gasteiger partial charge is 0.326 e. The maximum Gasteiger partial charge on any atom is 0.243 e. The van der Waals surface area contributed by atoms with Gasteiger partial charge in [-0.15, -0.1) is 0 Å². The molecule has 31 heavy (non-hydrogen) atoms. The number of nitrogens with one attached hydrogen (secondary N) is 1. The van der Waals surface area contributed by atoms with E-state index in [4.69, 9.17) is 4.98 Å². The van der Waals surface area contributed by atoms with Crippen molar-refractivity contribution in [1.29, 1.82) is 0 Å².